The summed E-state index contributed by atoms with van der Waals surface area (Å²) in [6, 6.07) is 9.82. The van der Waals surface area contributed by atoms with Crippen molar-refractivity contribution in [1.29, 1.82) is 0 Å². The van der Waals surface area contributed by atoms with Gasteiger partial charge in [-0.1, -0.05) is 36.8 Å². The Morgan fingerprint density at radius 1 is 1.20 bits per heavy atom. The van der Waals surface area contributed by atoms with E-state index < -0.39 is 26.9 Å². The Morgan fingerprint density at radius 2 is 1.87 bits per heavy atom. The van der Waals surface area contributed by atoms with Gasteiger partial charge in [0.2, 0.25) is 15.9 Å². The topological polar surface area (TPSA) is 110 Å². The van der Waals surface area contributed by atoms with E-state index in [1.807, 2.05) is 39.0 Å². The SMILES string of the molecule is CCC(C(=O)NC(C)c1cc(C)ccc1C)N(c1cccc([N+](=O)[O-])c1)S(C)(=O)=O. The first-order valence-electron chi connectivity index (χ1n) is 9.57. The third-order valence-electron chi connectivity index (χ3n) is 4.88. The maximum Gasteiger partial charge on any atom is 0.271 e. The van der Waals surface area contributed by atoms with Crippen LogP contribution in [0.4, 0.5) is 11.4 Å². The molecule has 0 bridgehead atoms. The molecule has 0 radical (unpaired) electrons. The number of benzene rings is 2. The van der Waals surface area contributed by atoms with Gasteiger partial charge in [-0.05, 0) is 44.4 Å². The fourth-order valence-electron chi connectivity index (χ4n) is 3.42. The van der Waals surface area contributed by atoms with Crippen LogP contribution < -0.4 is 9.62 Å². The van der Waals surface area contributed by atoms with Crippen LogP contribution in [0.25, 0.3) is 0 Å². The van der Waals surface area contributed by atoms with Crippen LogP contribution in [0.5, 0.6) is 0 Å². The molecular weight excluding hydrogens is 406 g/mol. The van der Waals surface area contributed by atoms with Crippen LogP contribution in [0.1, 0.15) is 43.0 Å². The number of nitro groups is 1. The zero-order valence-corrected chi connectivity index (χ0v) is 18.6. The van der Waals surface area contributed by atoms with Crippen molar-refractivity contribution < 1.29 is 18.1 Å². The molecule has 1 amide bonds. The van der Waals surface area contributed by atoms with Gasteiger partial charge < -0.3 is 5.32 Å². The minimum absolute atomic E-state index is 0.0769. The monoisotopic (exact) mass is 433 g/mol. The molecule has 30 heavy (non-hydrogen) atoms. The predicted octanol–water partition coefficient (Wildman–Crippen LogP) is 3.63. The van der Waals surface area contributed by atoms with Gasteiger partial charge in [0.05, 0.1) is 22.9 Å². The van der Waals surface area contributed by atoms with Gasteiger partial charge in [0, 0.05) is 12.1 Å². The van der Waals surface area contributed by atoms with Crippen LogP contribution in [-0.2, 0) is 14.8 Å². The van der Waals surface area contributed by atoms with Crippen molar-refractivity contribution in [2.24, 2.45) is 0 Å². The van der Waals surface area contributed by atoms with Crippen LogP contribution in [0, 0.1) is 24.0 Å². The van der Waals surface area contributed by atoms with Crippen molar-refractivity contribution in [3.63, 3.8) is 0 Å². The van der Waals surface area contributed by atoms with E-state index in [1.165, 1.54) is 18.2 Å². The molecule has 2 unspecified atom stereocenters. The molecule has 2 atom stereocenters. The quantitative estimate of drug-likeness (QED) is 0.505. The van der Waals surface area contributed by atoms with E-state index in [9.17, 15) is 23.3 Å². The third-order valence-corrected chi connectivity index (χ3v) is 6.06. The molecule has 0 saturated carbocycles. The van der Waals surface area contributed by atoms with Gasteiger partial charge >= 0.3 is 0 Å². The molecule has 9 heteroatoms. The smallest absolute Gasteiger partial charge is 0.271 e. The average molecular weight is 434 g/mol. The summed E-state index contributed by atoms with van der Waals surface area (Å²) in [6.45, 7) is 7.44. The van der Waals surface area contributed by atoms with Crippen molar-refractivity contribution >= 4 is 27.3 Å². The molecule has 0 spiro atoms. The summed E-state index contributed by atoms with van der Waals surface area (Å²) in [7, 11) is -3.88. The van der Waals surface area contributed by atoms with Crippen molar-refractivity contribution in [1.82, 2.24) is 5.32 Å². The first-order chi connectivity index (χ1) is 14.0. The zero-order chi connectivity index (χ0) is 22.6. The van der Waals surface area contributed by atoms with Gasteiger partial charge in [-0.3, -0.25) is 19.2 Å². The number of hydrogen-bond donors (Lipinski definition) is 1. The van der Waals surface area contributed by atoms with E-state index in [2.05, 4.69) is 5.32 Å². The summed E-state index contributed by atoms with van der Waals surface area (Å²) >= 11 is 0. The summed E-state index contributed by atoms with van der Waals surface area (Å²) in [5.74, 6) is -0.470. The lowest BCUT2D eigenvalue weighted by atomic mass is 9.99. The summed E-state index contributed by atoms with van der Waals surface area (Å²) in [6.07, 6.45) is 1.18. The molecular formula is C21H27N3O5S. The Kier molecular flexibility index (Phi) is 7.20. The van der Waals surface area contributed by atoms with Gasteiger partial charge in [0.1, 0.15) is 6.04 Å². The molecule has 0 aliphatic carbocycles. The minimum atomic E-state index is -3.88. The maximum absolute atomic E-state index is 13.1. The molecule has 1 N–H and O–H groups in total. The summed E-state index contributed by atoms with van der Waals surface area (Å²) in [5, 5.41) is 14.0. The van der Waals surface area contributed by atoms with E-state index in [1.54, 1.807) is 6.92 Å². The molecule has 2 aromatic rings. The number of carbonyl (C=O) groups excluding carboxylic acids is 1. The summed E-state index contributed by atoms with van der Waals surface area (Å²) in [5.41, 5.74) is 2.84. The molecule has 2 rings (SSSR count). The number of hydrogen-bond acceptors (Lipinski definition) is 5. The molecule has 8 nitrogen and oxygen atoms in total. The Bertz CT molecular complexity index is 1050. The number of aryl methyl sites for hydroxylation is 2. The lowest BCUT2D eigenvalue weighted by Gasteiger charge is -2.31. The van der Waals surface area contributed by atoms with Gasteiger partial charge in [-0.25, -0.2) is 8.42 Å². The number of anilines is 1. The highest BCUT2D eigenvalue weighted by Crippen LogP contribution is 2.27. The second-order valence-electron chi connectivity index (χ2n) is 7.35. The number of rotatable bonds is 8. The normalized spacial score (nSPS) is 13.4. The van der Waals surface area contributed by atoms with E-state index in [4.69, 9.17) is 0 Å². The van der Waals surface area contributed by atoms with E-state index in [0.29, 0.717) is 0 Å². The minimum Gasteiger partial charge on any atom is -0.348 e. The molecule has 0 fully saturated rings. The van der Waals surface area contributed by atoms with Crippen molar-refractivity contribution in [3.05, 3.63) is 69.3 Å². The van der Waals surface area contributed by atoms with Crippen LogP contribution in [-0.4, -0.2) is 31.5 Å². The first kappa shape index (κ1) is 23.3. The molecule has 0 heterocycles. The molecule has 0 aromatic heterocycles. The predicted molar refractivity (Wildman–Crippen MR) is 117 cm³/mol. The second kappa shape index (κ2) is 9.25. The Morgan fingerprint density at radius 3 is 2.43 bits per heavy atom. The molecule has 162 valence electrons. The van der Waals surface area contributed by atoms with Crippen molar-refractivity contribution in [2.75, 3.05) is 10.6 Å². The zero-order valence-electron chi connectivity index (χ0n) is 17.7. The number of non-ortho nitro benzene ring substituents is 1. The number of amides is 1. The van der Waals surface area contributed by atoms with E-state index in [0.717, 1.165) is 33.3 Å². The second-order valence-corrected chi connectivity index (χ2v) is 9.21. The summed E-state index contributed by atoms with van der Waals surface area (Å²) < 4.78 is 26.0. The number of nitrogens with zero attached hydrogens (tertiary/aromatic N) is 2. The molecule has 0 saturated heterocycles. The summed E-state index contributed by atoms with van der Waals surface area (Å²) in [4.78, 5) is 23.6. The van der Waals surface area contributed by atoms with Gasteiger partial charge in [-0.15, -0.1) is 0 Å². The Hall–Kier alpha value is -2.94. The number of nitro benzene ring substituents is 1. The fourth-order valence-corrected chi connectivity index (χ4v) is 4.62. The van der Waals surface area contributed by atoms with Crippen LogP contribution in [0.15, 0.2) is 42.5 Å². The number of sulfonamides is 1. The Labute approximate surface area is 177 Å². The van der Waals surface area contributed by atoms with E-state index >= 15 is 0 Å². The fraction of sp³-hybridized carbons (Fsp3) is 0.381. The van der Waals surface area contributed by atoms with Gasteiger partial charge in [0.25, 0.3) is 5.69 Å². The molecule has 0 aliphatic heterocycles. The first-order valence-corrected chi connectivity index (χ1v) is 11.4. The highest BCUT2D eigenvalue weighted by molar-refractivity contribution is 7.92. The van der Waals surface area contributed by atoms with Crippen molar-refractivity contribution in [2.45, 2.75) is 46.2 Å². The van der Waals surface area contributed by atoms with Crippen LogP contribution >= 0.6 is 0 Å². The van der Waals surface area contributed by atoms with Gasteiger partial charge in [-0.2, -0.15) is 0 Å². The Balaban J connectivity index is 2.40. The molecule has 0 aliphatic rings. The van der Waals surface area contributed by atoms with Crippen molar-refractivity contribution in [3.8, 4) is 0 Å². The van der Waals surface area contributed by atoms with E-state index in [-0.39, 0.29) is 23.8 Å². The third kappa shape index (κ3) is 5.35. The maximum atomic E-state index is 13.1. The number of nitrogens with one attached hydrogen (secondary N) is 1. The standard InChI is InChI=1S/C21H27N3O5S/c1-6-20(21(25)22-16(4)19-12-14(2)10-11-15(19)3)23(30(5,28)29)17-8-7-9-18(13-17)24(26)27/h7-13,16,20H,6H2,1-5H3,(H,22,25). The van der Waals surface area contributed by atoms with Crippen LogP contribution in [0.3, 0.4) is 0 Å². The average Bonchev–Trinajstić information content (AvgIpc) is 2.66. The lowest BCUT2D eigenvalue weighted by molar-refractivity contribution is -0.384. The highest BCUT2D eigenvalue weighted by atomic mass is 32.2. The lowest BCUT2D eigenvalue weighted by Crippen LogP contribution is -2.49. The van der Waals surface area contributed by atoms with Crippen LogP contribution in [0.2, 0.25) is 0 Å². The molecule has 2 aromatic carbocycles. The van der Waals surface area contributed by atoms with Gasteiger partial charge in [0.15, 0.2) is 0 Å². The largest absolute Gasteiger partial charge is 0.348 e. The highest BCUT2D eigenvalue weighted by Gasteiger charge is 2.33. The number of carbonyl (C=O) groups is 1.